The molecule has 1 aromatic heterocycles. The number of terminal acetylenes is 1. The number of aryl methyl sites for hydroxylation is 1. The van der Waals surface area contributed by atoms with Crippen molar-refractivity contribution in [2.24, 2.45) is 0 Å². The average Bonchev–Trinajstić information content (AvgIpc) is 2.80. The normalized spacial score (nSPS) is 10.3. The minimum absolute atomic E-state index is 0.112. The number of hydrogen-bond acceptors (Lipinski definition) is 5. The van der Waals surface area contributed by atoms with Gasteiger partial charge in [-0.3, -0.25) is 0 Å². The summed E-state index contributed by atoms with van der Waals surface area (Å²) in [5.74, 6) is 0.947. The third-order valence-corrected chi connectivity index (χ3v) is 6.08. The summed E-state index contributed by atoms with van der Waals surface area (Å²) in [6.07, 6.45) is 19.8. The Bertz CT molecular complexity index is 786. The minimum atomic E-state index is -0.343. The summed E-state index contributed by atoms with van der Waals surface area (Å²) in [4.78, 5) is 16.5. The van der Waals surface area contributed by atoms with Gasteiger partial charge in [0.2, 0.25) is 0 Å². The molecule has 31 heavy (non-hydrogen) atoms. The van der Waals surface area contributed by atoms with Crippen LogP contribution in [0.15, 0.2) is 44.6 Å². The van der Waals surface area contributed by atoms with Crippen LogP contribution < -0.4 is 10.4 Å². The lowest BCUT2D eigenvalue weighted by Gasteiger charge is -2.07. The first-order chi connectivity index (χ1) is 15.2. The van der Waals surface area contributed by atoms with E-state index in [4.69, 9.17) is 9.15 Å². The molecule has 0 bridgehead atoms. The topological polar surface area (TPSA) is 52.3 Å². The first-order valence-electron chi connectivity index (χ1n) is 11.3. The number of ether oxygens (including phenoxy) is 1. The van der Waals surface area contributed by atoms with Crippen LogP contribution in [0, 0.1) is 19.8 Å². The SMILES string of the molecule is C#C.CCCCCCCCOc1nc(SCCCCCc2ccccc2)c(C)c(=O)o1. The molecule has 0 amide bonds. The van der Waals surface area contributed by atoms with Crippen LogP contribution in [0.5, 0.6) is 6.08 Å². The van der Waals surface area contributed by atoms with Gasteiger partial charge in [0, 0.05) is 0 Å². The van der Waals surface area contributed by atoms with Gasteiger partial charge in [0.15, 0.2) is 0 Å². The molecule has 0 N–H and O–H groups in total. The van der Waals surface area contributed by atoms with E-state index in [0.717, 1.165) is 36.5 Å². The highest BCUT2D eigenvalue weighted by Crippen LogP contribution is 2.22. The molecule has 2 rings (SSSR count). The van der Waals surface area contributed by atoms with Crippen LogP contribution in [0.2, 0.25) is 0 Å². The zero-order chi connectivity index (χ0) is 22.7. The van der Waals surface area contributed by atoms with Gasteiger partial charge in [-0.25, -0.2) is 4.79 Å². The molecule has 0 aliphatic rings. The molecule has 0 aliphatic carbocycles. The van der Waals surface area contributed by atoms with E-state index in [1.165, 1.54) is 44.1 Å². The Kier molecular flexibility index (Phi) is 15.1. The van der Waals surface area contributed by atoms with Gasteiger partial charge in [-0.15, -0.1) is 24.6 Å². The maximum absolute atomic E-state index is 12.1. The molecule has 2 aromatic rings. The molecule has 0 spiro atoms. The number of nitrogens with zero attached hydrogens (tertiary/aromatic N) is 1. The summed E-state index contributed by atoms with van der Waals surface area (Å²) >= 11 is 1.62. The lowest BCUT2D eigenvalue weighted by molar-refractivity contribution is 0.204. The van der Waals surface area contributed by atoms with Crippen molar-refractivity contribution in [1.82, 2.24) is 4.98 Å². The Morgan fingerprint density at radius 1 is 0.968 bits per heavy atom. The Labute approximate surface area is 192 Å². The molecule has 170 valence electrons. The fraction of sp³-hybridized carbons (Fsp3) is 0.538. The van der Waals surface area contributed by atoms with Gasteiger partial charge in [-0.2, -0.15) is 4.98 Å². The Balaban J connectivity index is 0.00000233. The number of rotatable bonds is 15. The van der Waals surface area contributed by atoms with E-state index in [0.29, 0.717) is 12.2 Å². The molecule has 1 heterocycles. The van der Waals surface area contributed by atoms with Crippen molar-refractivity contribution >= 4 is 11.8 Å². The molecule has 4 nitrogen and oxygen atoms in total. The Hall–Kier alpha value is -2.19. The largest absolute Gasteiger partial charge is 0.450 e. The molecule has 5 heteroatoms. The summed E-state index contributed by atoms with van der Waals surface area (Å²) in [6.45, 7) is 4.54. The second-order valence-electron chi connectivity index (χ2n) is 7.46. The highest BCUT2D eigenvalue weighted by Gasteiger charge is 2.11. The van der Waals surface area contributed by atoms with Crippen LogP contribution >= 0.6 is 11.8 Å². The zero-order valence-corrected chi connectivity index (χ0v) is 19.9. The van der Waals surface area contributed by atoms with Gasteiger partial charge in [-0.1, -0.05) is 75.8 Å². The number of hydrogen-bond donors (Lipinski definition) is 0. The second kappa shape index (κ2) is 17.5. The van der Waals surface area contributed by atoms with Crippen LogP contribution in [0.3, 0.4) is 0 Å². The molecular formula is C26H37NO3S. The number of benzene rings is 1. The van der Waals surface area contributed by atoms with Crippen molar-refractivity contribution < 1.29 is 9.15 Å². The van der Waals surface area contributed by atoms with Crippen molar-refractivity contribution in [1.29, 1.82) is 0 Å². The molecule has 0 aliphatic heterocycles. The molecule has 0 radical (unpaired) electrons. The predicted molar refractivity (Wildman–Crippen MR) is 131 cm³/mol. The van der Waals surface area contributed by atoms with Gasteiger partial charge in [0.1, 0.15) is 5.03 Å². The van der Waals surface area contributed by atoms with Gasteiger partial charge >= 0.3 is 11.7 Å². The van der Waals surface area contributed by atoms with Gasteiger partial charge in [0.25, 0.3) is 0 Å². The zero-order valence-electron chi connectivity index (χ0n) is 19.1. The van der Waals surface area contributed by atoms with Crippen LogP contribution in [0.4, 0.5) is 0 Å². The van der Waals surface area contributed by atoms with E-state index in [1.54, 1.807) is 18.7 Å². The average molecular weight is 444 g/mol. The summed E-state index contributed by atoms with van der Waals surface area (Å²) in [5, 5.41) is 0.738. The molecule has 0 fully saturated rings. The third-order valence-electron chi connectivity index (χ3n) is 4.91. The lowest BCUT2D eigenvalue weighted by atomic mass is 10.1. The molecule has 0 saturated carbocycles. The van der Waals surface area contributed by atoms with Crippen molar-refractivity contribution in [3.05, 3.63) is 51.9 Å². The van der Waals surface area contributed by atoms with E-state index in [-0.39, 0.29) is 11.7 Å². The summed E-state index contributed by atoms with van der Waals surface area (Å²) in [5.41, 5.74) is 1.63. The van der Waals surface area contributed by atoms with Crippen LogP contribution in [0.1, 0.15) is 75.8 Å². The van der Waals surface area contributed by atoms with Crippen molar-refractivity contribution in [2.45, 2.75) is 83.1 Å². The van der Waals surface area contributed by atoms with Crippen LogP contribution in [0.25, 0.3) is 0 Å². The molecule has 0 unspecified atom stereocenters. The second-order valence-corrected chi connectivity index (χ2v) is 8.54. The maximum atomic E-state index is 12.1. The van der Waals surface area contributed by atoms with Crippen molar-refractivity contribution in [3.63, 3.8) is 0 Å². The van der Waals surface area contributed by atoms with E-state index in [9.17, 15) is 4.79 Å². The van der Waals surface area contributed by atoms with E-state index in [1.807, 2.05) is 0 Å². The maximum Gasteiger partial charge on any atom is 0.397 e. The quantitative estimate of drug-likeness (QED) is 0.171. The Morgan fingerprint density at radius 3 is 2.39 bits per heavy atom. The Morgan fingerprint density at radius 2 is 1.65 bits per heavy atom. The smallest absolute Gasteiger partial charge is 0.397 e. The van der Waals surface area contributed by atoms with Gasteiger partial charge in [-0.05, 0) is 43.9 Å². The lowest BCUT2D eigenvalue weighted by Crippen LogP contribution is -2.10. The van der Waals surface area contributed by atoms with Crippen molar-refractivity contribution in [2.75, 3.05) is 12.4 Å². The molecule has 0 atom stereocenters. The monoisotopic (exact) mass is 443 g/mol. The number of thioether (sulfide) groups is 1. The third kappa shape index (κ3) is 11.7. The summed E-state index contributed by atoms with van der Waals surface area (Å²) < 4.78 is 10.8. The van der Waals surface area contributed by atoms with Crippen LogP contribution in [-0.2, 0) is 6.42 Å². The predicted octanol–water partition coefficient (Wildman–Crippen LogP) is 6.84. The standard InChI is InChI=1S/C24H35NO3S.C2H2/c1-3-4-5-6-7-13-18-27-24-25-22(20(2)23(26)28-24)29-19-14-9-12-17-21-15-10-8-11-16-21;1-2/h8,10-11,15-16H,3-7,9,12-14,17-19H2,1-2H3;1-2H. The fourth-order valence-electron chi connectivity index (χ4n) is 3.10. The van der Waals surface area contributed by atoms with E-state index in [2.05, 4.69) is 55.1 Å². The van der Waals surface area contributed by atoms with E-state index >= 15 is 0 Å². The van der Waals surface area contributed by atoms with E-state index < -0.39 is 0 Å². The highest BCUT2D eigenvalue weighted by molar-refractivity contribution is 7.99. The number of unbranched alkanes of at least 4 members (excludes halogenated alkanes) is 7. The first-order valence-corrected chi connectivity index (χ1v) is 12.3. The van der Waals surface area contributed by atoms with Gasteiger partial charge < -0.3 is 9.15 Å². The van der Waals surface area contributed by atoms with Gasteiger partial charge in [0.05, 0.1) is 12.2 Å². The highest BCUT2D eigenvalue weighted by atomic mass is 32.2. The fourth-order valence-corrected chi connectivity index (χ4v) is 4.08. The minimum Gasteiger partial charge on any atom is -0.450 e. The summed E-state index contributed by atoms with van der Waals surface area (Å²) in [7, 11) is 0. The van der Waals surface area contributed by atoms with Crippen molar-refractivity contribution in [3.8, 4) is 18.9 Å². The molecule has 1 aromatic carbocycles. The first kappa shape index (κ1) is 26.8. The molecule has 0 saturated heterocycles. The molecular weight excluding hydrogens is 406 g/mol. The number of aromatic nitrogens is 1. The van der Waals surface area contributed by atoms with Crippen LogP contribution in [-0.4, -0.2) is 17.3 Å². The summed E-state index contributed by atoms with van der Waals surface area (Å²) in [6, 6.07) is 10.6.